The second-order valence-electron chi connectivity index (χ2n) is 11.5. The van der Waals surface area contributed by atoms with Gasteiger partial charge in [0.05, 0.1) is 22.1 Å². The van der Waals surface area contributed by atoms with Gasteiger partial charge in [-0.25, -0.2) is 9.97 Å². The van der Waals surface area contributed by atoms with Crippen LogP contribution >= 0.6 is 0 Å². The van der Waals surface area contributed by atoms with Crippen molar-refractivity contribution in [3.05, 3.63) is 146 Å². The van der Waals surface area contributed by atoms with Gasteiger partial charge in [0.1, 0.15) is 11.6 Å². The fraction of sp³-hybridized carbons (Fsp3) is 0. The SMILES string of the molecule is c1ccc(-n2c3ccccc3c3c4ccc5cccc6c5c4c(cc32)n6-c2cc(-c3ccc4ccccc4c3)ccn2)nc1. The highest BCUT2D eigenvalue weighted by molar-refractivity contribution is 6.33. The minimum atomic E-state index is 0.903. The number of aromatic nitrogens is 4. The highest BCUT2D eigenvalue weighted by Crippen LogP contribution is 2.45. The van der Waals surface area contributed by atoms with Gasteiger partial charge in [0.25, 0.3) is 0 Å². The molecule has 0 N–H and O–H groups in total. The molecule has 0 unspecified atom stereocenters. The lowest BCUT2D eigenvalue weighted by molar-refractivity contribution is 1.07. The van der Waals surface area contributed by atoms with E-state index in [0.717, 1.165) is 39.3 Å². The molecule has 0 amide bonds. The van der Waals surface area contributed by atoms with Gasteiger partial charge in [0.2, 0.25) is 0 Å². The molecular formula is C40H24N4. The Hall–Kier alpha value is -6.00. The van der Waals surface area contributed by atoms with Crippen molar-refractivity contribution < 1.29 is 0 Å². The first-order valence-corrected chi connectivity index (χ1v) is 14.9. The number of pyridine rings is 2. The predicted octanol–water partition coefficient (Wildman–Crippen LogP) is 10.1. The van der Waals surface area contributed by atoms with Crippen LogP contribution in [0.3, 0.4) is 0 Å². The molecule has 10 rings (SSSR count). The molecule has 6 aromatic carbocycles. The maximum absolute atomic E-state index is 4.98. The molecule has 0 saturated heterocycles. The maximum Gasteiger partial charge on any atom is 0.138 e. The number of nitrogens with zero attached hydrogens (tertiary/aromatic N) is 4. The molecule has 0 atom stereocenters. The summed E-state index contributed by atoms with van der Waals surface area (Å²) in [6, 6.07) is 47.8. The quantitative estimate of drug-likeness (QED) is 0.202. The van der Waals surface area contributed by atoms with Gasteiger partial charge in [-0.2, -0.15) is 0 Å². The van der Waals surface area contributed by atoms with Crippen LogP contribution in [0.5, 0.6) is 0 Å². The van der Waals surface area contributed by atoms with Gasteiger partial charge in [-0.05, 0) is 81.2 Å². The van der Waals surface area contributed by atoms with Crippen LogP contribution < -0.4 is 0 Å². The lowest BCUT2D eigenvalue weighted by atomic mass is 9.98. The molecule has 10 aromatic rings. The molecule has 0 bridgehead atoms. The van der Waals surface area contributed by atoms with Crippen LogP contribution in [0.2, 0.25) is 0 Å². The van der Waals surface area contributed by atoms with E-state index in [0.29, 0.717) is 0 Å². The second-order valence-corrected chi connectivity index (χ2v) is 11.5. The molecule has 0 aliphatic heterocycles. The Bertz CT molecular complexity index is 2710. The normalized spacial score (nSPS) is 12.1. The molecule has 44 heavy (non-hydrogen) atoms. The van der Waals surface area contributed by atoms with E-state index in [9.17, 15) is 0 Å². The molecule has 0 radical (unpaired) electrons. The number of fused-ring (bicyclic) bond motifs is 5. The predicted molar refractivity (Wildman–Crippen MR) is 182 cm³/mol. The third-order valence-corrected chi connectivity index (χ3v) is 9.15. The molecule has 0 spiro atoms. The Balaban J connectivity index is 1.33. The van der Waals surface area contributed by atoms with E-state index in [1.807, 2.05) is 18.5 Å². The minimum absolute atomic E-state index is 0.903. The van der Waals surface area contributed by atoms with Gasteiger partial charge in [0, 0.05) is 33.9 Å². The van der Waals surface area contributed by atoms with Crippen molar-refractivity contribution in [1.29, 1.82) is 0 Å². The monoisotopic (exact) mass is 560 g/mol. The van der Waals surface area contributed by atoms with Gasteiger partial charge in [-0.15, -0.1) is 0 Å². The van der Waals surface area contributed by atoms with Crippen LogP contribution in [0.25, 0.3) is 87.9 Å². The van der Waals surface area contributed by atoms with Gasteiger partial charge in [-0.1, -0.05) is 84.9 Å². The Morgan fingerprint density at radius 3 is 2.02 bits per heavy atom. The molecular weight excluding hydrogens is 536 g/mol. The first-order valence-electron chi connectivity index (χ1n) is 14.9. The average molecular weight is 561 g/mol. The first-order chi connectivity index (χ1) is 21.8. The largest absolute Gasteiger partial charge is 0.294 e. The number of para-hydroxylation sites is 1. The fourth-order valence-electron chi connectivity index (χ4n) is 7.28. The van der Waals surface area contributed by atoms with E-state index in [1.54, 1.807) is 0 Å². The maximum atomic E-state index is 4.98. The Kier molecular flexibility index (Phi) is 4.69. The summed E-state index contributed by atoms with van der Waals surface area (Å²) in [7, 11) is 0. The second kappa shape index (κ2) is 8.76. The lowest BCUT2D eigenvalue weighted by Gasteiger charge is -2.11. The molecule has 4 nitrogen and oxygen atoms in total. The van der Waals surface area contributed by atoms with Gasteiger partial charge < -0.3 is 0 Å². The van der Waals surface area contributed by atoms with E-state index in [1.165, 1.54) is 48.7 Å². The van der Waals surface area contributed by atoms with Gasteiger partial charge in [-0.3, -0.25) is 9.13 Å². The van der Waals surface area contributed by atoms with Crippen molar-refractivity contribution in [2.24, 2.45) is 0 Å². The van der Waals surface area contributed by atoms with Gasteiger partial charge in [0.15, 0.2) is 0 Å². The van der Waals surface area contributed by atoms with Crippen LogP contribution in [-0.4, -0.2) is 19.1 Å². The summed E-state index contributed by atoms with van der Waals surface area (Å²) in [6.45, 7) is 0. The summed E-state index contributed by atoms with van der Waals surface area (Å²) in [6.07, 6.45) is 3.80. The van der Waals surface area contributed by atoms with Crippen LogP contribution in [-0.2, 0) is 0 Å². The topological polar surface area (TPSA) is 35.6 Å². The number of benzene rings is 6. The lowest BCUT2D eigenvalue weighted by Crippen LogP contribution is -1.99. The summed E-state index contributed by atoms with van der Waals surface area (Å²) in [5, 5.41) is 9.98. The van der Waals surface area contributed by atoms with Crippen molar-refractivity contribution in [3.63, 3.8) is 0 Å². The summed E-state index contributed by atoms with van der Waals surface area (Å²) < 4.78 is 4.64. The number of rotatable bonds is 3. The summed E-state index contributed by atoms with van der Waals surface area (Å²) >= 11 is 0. The van der Waals surface area contributed by atoms with Crippen molar-refractivity contribution >= 4 is 65.2 Å². The zero-order valence-corrected chi connectivity index (χ0v) is 23.6. The van der Waals surface area contributed by atoms with Crippen LogP contribution in [0.4, 0.5) is 0 Å². The van der Waals surface area contributed by atoms with Crippen molar-refractivity contribution in [2.45, 2.75) is 0 Å². The number of hydrogen-bond donors (Lipinski definition) is 0. The molecule has 4 aromatic heterocycles. The highest BCUT2D eigenvalue weighted by atomic mass is 15.1. The standard InChI is InChI=1S/C40H24N4/c1-2-9-27-22-28(16-15-25(27)8-1)29-19-21-42-37(23-29)44-33-13-7-10-26-17-18-31-39-30-11-3-4-12-32(30)43(36-14-5-6-20-41-36)34(39)24-35(44)40(31)38(26)33/h1-24H. The van der Waals surface area contributed by atoms with Crippen molar-refractivity contribution in [2.75, 3.05) is 0 Å². The minimum Gasteiger partial charge on any atom is -0.294 e. The van der Waals surface area contributed by atoms with Crippen LogP contribution in [0, 0.1) is 0 Å². The summed E-state index contributed by atoms with van der Waals surface area (Å²) in [5.41, 5.74) is 6.91. The molecule has 0 fully saturated rings. The third-order valence-electron chi connectivity index (χ3n) is 9.15. The molecule has 0 saturated carbocycles. The molecule has 204 valence electrons. The fourth-order valence-corrected chi connectivity index (χ4v) is 7.28. The average Bonchev–Trinajstić information content (AvgIpc) is 3.61. The van der Waals surface area contributed by atoms with Crippen LogP contribution in [0.15, 0.2) is 146 Å². The molecule has 0 aliphatic carbocycles. The number of hydrogen-bond acceptors (Lipinski definition) is 2. The summed E-state index contributed by atoms with van der Waals surface area (Å²) in [4.78, 5) is 9.76. The molecule has 4 heteroatoms. The van der Waals surface area contributed by atoms with E-state index < -0.39 is 0 Å². The Morgan fingerprint density at radius 2 is 1.09 bits per heavy atom. The van der Waals surface area contributed by atoms with Crippen molar-refractivity contribution in [3.8, 4) is 22.8 Å². The Morgan fingerprint density at radius 1 is 0.364 bits per heavy atom. The summed E-state index contributed by atoms with van der Waals surface area (Å²) in [5.74, 6) is 1.81. The van der Waals surface area contributed by atoms with Crippen molar-refractivity contribution in [1.82, 2.24) is 19.1 Å². The smallest absolute Gasteiger partial charge is 0.138 e. The zero-order chi connectivity index (χ0) is 28.8. The Labute approximate surface area is 252 Å². The highest BCUT2D eigenvalue weighted by Gasteiger charge is 2.23. The molecule has 0 aliphatic rings. The molecule has 4 heterocycles. The third kappa shape index (κ3) is 3.17. The van der Waals surface area contributed by atoms with E-state index in [-0.39, 0.29) is 0 Å². The van der Waals surface area contributed by atoms with Gasteiger partial charge >= 0.3 is 0 Å². The first kappa shape index (κ1) is 23.6. The van der Waals surface area contributed by atoms with E-state index >= 15 is 0 Å². The van der Waals surface area contributed by atoms with E-state index in [2.05, 4.69) is 137 Å². The zero-order valence-electron chi connectivity index (χ0n) is 23.6. The van der Waals surface area contributed by atoms with Crippen LogP contribution in [0.1, 0.15) is 0 Å². The van der Waals surface area contributed by atoms with E-state index in [4.69, 9.17) is 9.97 Å².